The van der Waals surface area contributed by atoms with Crippen molar-refractivity contribution in [2.24, 2.45) is 5.92 Å². The Hall–Kier alpha value is -0.890. The Kier molecular flexibility index (Phi) is 5.63. The molecule has 17 heavy (non-hydrogen) atoms. The summed E-state index contributed by atoms with van der Waals surface area (Å²) in [5, 5.41) is 10.4. The molecule has 2 atom stereocenters. The fourth-order valence-corrected chi connectivity index (χ4v) is 2.28. The van der Waals surface area contributed by atoms with Crippen LogP contribution in [0.3, 0.4) is 0 Å². The van der Waals surface area contributed by atoms with E-state index in [0.29, 0.717) is 0 Å². The summed E-state index contributed by atoms with van der Waals surface area (Å²) >= 11 is 0. The molecule has 0 aliphatic carbocycles. The number of hydrogen-bond donors (Lipinski definition) is 1. The van der Waals surface area contributed by atoms with Crippen LogP contribution in [0.1, 0.15) is 56.8 Å². The van der Waals surface area contributed by atoms with Crippen molar-refractivity contribution in [2.45, 2.75) is 52.6 Å². The minimum Gasteiger partial charge on any atom is -0.388 e. The van der Waals surface area contributed by atoms with Gasteiger partial charge in [-0.25, -0.2) is 4.39 Å². The van der Waals surface area contributed by atoms with Crippen LogP contribution >= 0.6 is 0 Å². The zero-order valence-electron chi connectivity index (χ0n) is 11.0. The van der Waals surface area contributed by atoms with Crippen LogP contribution in [0, 0.1) is 18.7 Å². The van der Waals surface area contributed by atoms with Crippen LogP contribution in [0.5, 0.6) is 0 Å². The van der Waals surface area contributed by atoms with E-state index in [4.69, 9.17) is 0 Å². The van der Waals surface area contributed by atoms with Crippen molar-refractivity contribution in [2.75, 3.05) is 0 Å². The van der Waals surface area contributed by atoms with Crippen LogP contribution in [-0.2, 0) is 0 Å². The first-order valence-corrected chi connectivity index (χ1v) is 6.54. The highest BCUT2D eigenvalue weighted by Crippen LogP contribution is 2.30. The molecule has 2 unspecified atom stereocenters. The monoisotopic (exact) mass is 238 g/mol. The van der Waals surface area contributed by atoms with Crippen LogP contribution < -0.4 is 0 Å². The van der Waals surface area contributed by atoms with Crippen molar-refractivity contribution < 1.29 is 9.50 Å². The van der Waals surface area contributed by atoms with E-state index < -0.39 is 6.10 Å². The highest BCUT2D eigenvalue weighted by Gasteiger charge is 2.20. The smallest absolute Gasteiger partial charge is 0.123 e. The van der Waals surface area contributed by atoms with Gasteiger partial charge in [0, 0.05) is 0 Å². The first-order valence-electron chi connectivity index (χ1n) is 6.54. The van der Waals surface area contributed by atoms with Crippen LogP contribution in [-0.4, -0.2) is 5.11 Å². The number of benzene rings is 1. The van der Waals surface area contributed by atoms with Gasteiger partial charge in [0.1, 0.15) is 5.82 Å². The topological polar surface area (TPSA) is 20.2 Å². The molecule has 0 aliphatic heterocycles. The number of rotatable bonds is 6. The minimum absolute atomic E-state index is 0.236. The van der Waals surface area contributed by atoms with Crippen molar-refractivity contribution in [3.63, 3.8) is 0 Å². The molecule has 1 nitrogen and oxygen atoms in total. The third kappa shape index (κ3) is 3.81. The summed E-state index contributed by atoms with van der Waals surface area (Å²) in [7, 11) is 0. The Labute approximate surface area is 104 Å². The second-order valence-electron chi connectivity index (χ2n) is 4.76. The summed E-state index contributed by atoms with van der Waals surface area (Å²) in [5.74, 6) is 0.0409. The minimum atomic E-state index is -0.466. The van der Waals surface area contributed by atoms with E-state index in [1.165, 1.54) is 12.1 Å². The summed E-state index contributed by atoms with van der Waals surface area (Å²) in [6.07, 6.45) is 3.80. The van der Waals surface area contributed by atoms with Crippen LogP contribution in [0.4, 0.5) is 4.39 Å². The van der Waals surface area contributed by atoms with Crippen LogP contribution in [0.2, 0.25) is 0 Å². The Balaban J connectivity index is 2.81. The molecule has 1 aromatic carbocycles. The predicted molar refractivity (Wildman–Crippen MR) is 69.4 cm³/mol. The van der Waals surface area contributed by atoms with Gasteiger partial charge in [-0.15, -0.1) is 0 Å². The van der Waals surface area contributed by atoms with Crippen molar-refractivity contribution in [1.29, 1.82) is 0 Å². The lowest BCUT2D eigenvalue weighted by molar-refractivity contribution is 0.0983. The average molecular weight is 238 g/mol. The van der Waals surface area contributed by atoms with Gasteiger partial charge in [0.2, 0.25) is 0 Å². The maximum atomic E-state index is 13.0. The number of aliphatic hydroxyl groups is 1. The molecule has 0 aromatic heterocycles. The number of aliphatic hydroxyl groups excluding tert-OH is 1. The zero-order chi connectivity index (χ0) is 12.8. The van der Waals surface area contributed by atoms with Crippen LogP contribution in [0.25, 0.3) is 0 Å². The van der Waals surface area contributed by atoms with Crippen molar-refractivity contribution >= 4 is 0 Å². The molecular formula is C15H23FO. The quantitative estimate of drug-likeness (QED) is 0.779. The normalized spacial score (nSPS) is 14.6. The summed E-state index contributed by atoms with van der Waals surface area (Å²) < 4.78 is 13.0. The number of hydrogen-bond acceptors (Lipinski definition) is 1. The molecule has 0 bridgehead atoms. The molecule has 96 valence electrons. The van der Waals surface area contributed by atoms with Crippen molar-refractivity contribution in [3.05, 3.63) is 35.1 Å². The van der Waals surface area contributed by atoms with Gasteiger partial charge < -0.3 is 5.11 Å². The van der Waals surface area contributed by atoms with Crippen molar-refractivity contribution in [3.8, 4) is 0 Å². The second kappa shape index (κ2) is 6.75. The molecule has 0 fully saturated rings. The molecule has 0 heterocycles. The second-order valence-corrected chi connectivity index (χ2v) is 4.76. The predicted octanol–water partition coefficient (Wildman–Crippen LogP) is 4.38. The third-order valence-corrected chi connectivity index (χ3v) is 3.45. The molecule has 0 radical (unpaired) electrons. The molecular weight excluding hydrogens is 215 g/mol. The number of halogens is 1. The van der Waals surface area contributed by atoms with Gasteiger partial charge in [0.15, 0.2) is 0 Å². The lowest BCUT2D eigenvalue weighted by atomic mass is 9.87. The Morgan fingerprint density at radius 2 is 2.00 bits per heavy atom. The van der Waals surface area contributed by atoms with E-state index in [2.05, 4.69) is 13.8 Å². The van der Waals surface area contributed by atoms with E-state index in [9.17, 15) is 9.50 Å². The zero-order valence-corrected chi connectivity index (χ0v) is 11.0. The first kappa shape index (κ1) is 14.2. The van der Waals surface area contributed by atoms with Gasteiger partial charge in [-0.2, -0.15) is 0 Å². The van der Waals surface area contributed by atoms with Crippen molar-refractivity contribution in [1.82, 2.24) is 0 Å². The van der Waals surface area contributed by atoms with E-state index >= 15 is 0 Å². The average Bonchev–Trinajstić information content (AvgIpc) is 2.29. The third-order valence-electron chi connectivity index (χ3n) is 3.45. The lowest BCUT2D eigenvalue weighted by Gasteiger charge is -2.23. The van der Waals surface area contributed by atoms with Gasteiger partial charge in [0.05, 0.1) is 6.10 Å². The highest BCUT2D eigenvalue weighted by molar-refractivity contribution is 5.28. The first-order chi connectivity index (χ1) is 8.10. The molecule has 1 N–H and O–H groups in total. The summed E-state index contributed by atoms with van der Waals surface area (Å²) in [6.45, 7) is 6.11. The molecule has 1 rings (SSSR count). The summed E-state index contributed by atoms with van der Waals surface area (Å²) in [6, 6.07) is 4.63. The number of aryl methyl sites for hydroxylation is 1. The Morgan fingerprint density at radius 3 is 2.53 bits per heavy atom. The largest absolute Gasteiger partial charge is 0.388 e. The standard InChI is InChI=1S/C15H23FO/c1-4-6-7-12(5-2)15(17)14-9-8-13(16)10-11(14)3/h8-10,12,15,17H,4-7H2,1-3H3. The molecule has 0 spiro atoms. The highest BCUT2D eigenvalue weighted by atomic mass is 19.1. The molecule has 0 amide bonds. The maximum absolute atomic E-state index is 13.0. The lowest BCUT2D eigenvalue weighted by Crippen LogP contribution is -2.13. The van der Waals surface area contributed by atoms with E-state index in [-0.39, 0.29) is 11.7 Å². The van der Waals surface area contributed by atoms with E-state index in [1.54, 1.807) is 6.07 Å². The van der Waals surface area contributed by atoms with Gasteiger partial charge >= 0.3 is 0 Å². The molecule has 0 saturated carbocycles. The molecule has 1 aromatic rings. The Bertz CT molecular complexity index is 349. The van der Waals surface area contributed by atoms with E-state index in [0.717, 1.165) is 36.8 Å². The van der Waals surface area contributed by atoms with E-state index in [1.807, 2.05) is 6.92 Å². The fourth-order valence-electron chi connectivity index (χ4n) is 2.28. The fraction of sp³-hybridized carbons (Fsp3) is 0.600. The number of unbranched alkanes of at least 4 members (excludes halogenated alkanes) is 1. The van der Waals surface area contributed by atoms with Gasteiger partial charge in [-0.05, 0) is 42.5 Å². The summed E-state index contributed by atoms with van der Waals surface area (Å²) in [5.41, 5.74) is 1.71. The van der Waals surface area contributed by atoms with Gasteiger partial charge in [-0.1, -0.05) is 39.2 Å². The molecule has 2 heteroatoms. The van der Waals surface area contributed by atoms with Crippen LogP contribution in [0.15, 0.2) is 18.2 Å². The summed E-state index contributed by atoms with van der Waals surface area (Å²) in [4.78, 5) is 0. The molecule has 0 saturated heterocycles. The molecule has 0 aliphatic rings. The van der Waals surface area contributed by atoms with Gasteiger partial charge in [0.25, 0.3) is 0 Å². The SMILES string of the molecule is CCCCC(CC)C(O)c1ccc(F)cc1C. The Morgan fingerprint density at radius 1 is 1.29 bits per heavy atom. The van der Waals surface area contributed by atoms with Gasteiger partial charge in [-0.3, -0.25) is 0 Å². The maximum Gasteiger partial charge on any atom is 0.123 e.